The third kappa shape index (κ3) is 3.32. The molecular formula is C22H18F2N4O4. The van der Waals surface area contributed by atoms with E-state index in [2.05, 4.69) is 15.3 Å². The van der Waals surface area contributed by atoms with Crippen molar-refractivity contribution in [1.82, 2.24) is 14.5 Å². The highest BCUT2D eigenvalue weighted by Crippen LogP contribution is 2.48. The number of anilines is 1. The molecule has 1 aliphatic carbocycles. The summed E-state index contributed by atoms with van der Waals surface area (Å²) < 4.78 is 33.9. The zero-order chi connectivity index (χ0) is 22.5. The Bertz CT molecular complexity index is 1210. The molecule has 2 aliphatic rings. The molecule has 2 aromatic heterocycles. The van der Waals surface area contributed by atoms with Gasteiger partial charge >= 0.3 is 5.97 Å². The molecule has 0 radical (unpaired) electrons. The third-order valence-corrected chi connectivity index (χ3v) is 6.02. The Morgan fingerprint density at radius 2 is 1.84 bits per heavy atom. The van der Waals surface area contributed by atoms with Crippen LogP contribution >= 0.6 is 0 Å². The minimum absolute atomic E-state index is 0.0535. The number of amides is 1. The normalized spacial score (nSPS) is 24.3. The molecule has 1 aliphatic heterocycles. The number of aliphatic hydroxyl groups is 1. The van der Waals surface area contributed by atoms with Gasteiger partial charge in [-0.15, -0.1) is 0 Å². The molecule has 32 heavy (non-hydrogen) atoms. The molecular weight excluding hydrogens is 422 g/mol. The number of nitrogens with one attached hydrogen (secondary N) is 1. The van der Waals surface area contributed by atoms with E-state index in [1.165, 1.54) is 17.1 Å². The lowest BCUT2D eigenvalue weighted by atomic mass is 9.74. The van der Waals surface area contributed by atoms with Crippen LogP contribution in [0.1, 0.15) is 41.7 Å². The highest BCUT2D eigenvalue weighted by Gasteiger charge is 2.53. The summed E-state index contributed by atoms with van der Waals surface area (Å²) in [6, 6.07) is 6.30. The number of nitrogens with zero attached hydrogens (tertiary/aromatic N) is 3. The van der Waals surface area contributed by atoms with Crippen LogP contribution < -0.4 is 5.32 Å². The fourth-order valence-electron chi connectivity index (χ4n) is 4.30. The van der Waals surface area contributed by atoms with Gasteiger partial charge in [0.05, 0.1) is 23.1 Å². The van der Waals surface area contributed by atoms with E-state index in [1.54, 1.807) is 18.3 Å². The first-order valence-corrected chi connectivity index (χ1v) is 10.0. The summed E-state index contributed by atoms with van der Waals surface area (Å²) >= 11 is 0. The lowest BCUT2D eigenvalue weighted by molar-refractivity contribution is -0.144. The summed E-state index contributed by atoms with van der Waals surface area (Å²) in [5.41, 5.74) is -1.49. The molecule has 5 rings (SSSR count). The lowest BCUT2D eigenvalue weighted by Crippen LogP contribution is -2.49. The van der Waals surface area contributed by atoms with Crippen LogP contribution in [0.15, 0.2) is 49.1 Å². The Morgan fingerprint density at radius 3 is 2.56 bits per heavy atom. The fraction of sp³-hybridized carbons (Fsp3) is 0.273. The zero-order valence-corrected chi connectivity index (χ0v) is 16.7. The molecule has 8 nitrogen and oxygen atoms in total. The number of hydrogen-bond acceptors (Lipinski definition) is 6. The van der Waals surface area contributed by atoms with Crippen LogP contribution in [-0.4, -0.2) is 37.1 Å². The smallest absolute Gasteiger partial charge is 0.341 e. The maximum Gasteiger partial charge on any atom is 0.341 e. The number of pyridine rings is 1. The SMILES string of the molecule is O=C1O[C@]2(CC[C@](O)(C(=O)Nc3cn(-c4cc(F)cc(F)c4)cn3)CC2)c2ncccc21. The second-order valence-corrected chi connectivity index (χ2v) is 8.06. The number of halogens is 2. The van der Waals surface area contributed by atoms with Crippen molar-refractivity contribution in [2.24, 2.45) is 0 Å². The summed E-state index contributed by atoms with van der Waals surface area (Å²) in [5.74, 6) is -2.48. The average Bonchev–Trinajstić information content (AvgIpc) is 3.33. The van der Waals surface area contributed by atoms with Crippen LogP contribution in [0.5, 0.6) is 0 Å². The lowest BCUT2D eigenvalue weighted by Gasteiger charge is -2.39. The quantitative estimate of drug-likeness (QED) is 0.607. The Hall–Kier alpha value is -3.66. The molecule has 2 N–H and O–H groups in total. The van der Waals surface area contributed by atoms with Gasteiger partial charge in [-0.3, -0.25) is 9.78 Å². The minimum Gasteiger partial charge on any atom is -0.449 e. The van der Waals surface area contributed by atoms with Gasteiger partial charge in [-0.2, -0.15) is 0 Å². The maximum absolute atomic E-state index is 13.5. The number of fused-ring (bicyclic) bond motifs is 2. The van der Waals surface area contributed by atoms with Crippen molar-refractivity contribution in [3.8, 4) is 5.69 Å². The van der Waals surface area contributed by atoms with Gasteiger partial charge in [-0.05, 0) is 49.9 Å². The average molecular weight is 440 g/mol. The number of imidazole rings is 1. The van der Waals surface area contributed by atoms with Gasteiger partial charge in [0, 0.05) is 12.3 Å². The first-order chi connectivity index (χ1) is 15.3. The standard InChI is InChI=1S/C22H18F2N4O4/c23-13-8-14(24)10-15(9-13)28-11-17(26-12-28)27-20(30)21(31)3-5-22(6-4-21)18-16(19(29)32-22)2-1-7-25-18/h1-2,7-12,31H,3-6H2,(H,27,30)/t21-,22+. The van der Waals surface area contributed by atoms with E-state index in [0.29, 0.717) is 11.3 Å². The van der Waals surface area contributed by atoms with Crippen LogP contribution in [0.3, 0.4) is 0 Å². The Kier molecular flexibility index (Phi) is 4.55. The van der Waals surface area contributed by atoms with Crippen molar-refractivity contribution in [3.05, 3.63) is 71.9 Å². The summed E-state index contributed by atoms with van der Waals surface area (Å²) in [6.45, 7) is 0. The highest BCUT2D eigenvalue weighted by molar-refractivity contribution is 5.97. The molecule has 10 heteroatoms. The summed E-state index contributed by atoms with van der Waals surface area (Å²) in [6.07, 6.45) is 4.85. The van der Waals surface area contributed by atoms with Gasteiger partial charge in [-0.1, -0.05) is 0 Å². The molecule has 1 aromatic carbocycles. The van der Waals surface area contributed by atoms with Gasteiger partial charge in [0.25, 0.3) is 5.91 Å². The molecule has 0 saturated heterocycles. The first kappa shape index (κ1) is 20.3. The Balaban J connectivity index is 1.29. The molecule has 0 unspecified atom stereocenters. The summed E-state index contributed by atoms with van der Waals surface area (Å²) in [5, 5.41) is 13.5. The highest BCUT2D eigenvalue weighted by atomic mass is 19.1. The maximum atomic E-state index is 13.5. The molecule has 3 aromatic rings. The number of aromatic nitrogens is 3. The molecule has 164 valence electrons. The van der Waals surface area contributed by atoms with E-state index < -0.39 is 34.7 Å². The number of esters is 1. The van der Waals surface area contributed by atoms with Crippen molar-refractivity contribution in [2.75, 3.05) is 5.32 Å². The van der Waals surface area contributed by atoms with Crippen molar-refractivity contribution in [2.45, 2.75) is 36.9 Å². The van der Waals surface area contributed by atoms with Crippen LogP contribution in [0.4, 0.5) is 14.6 Å². The summed E-state index contributed by atoms with van der Waals surface area (Å²) in [4.78, 5) is 33.3. The van der Waals surface area contributed by atoms with E-state index in [1.807, 2.05) is 0 Å². The number of ether oxygens (including phenoxy) is 1. The first-order valence-electron chi connectivity index (χ1n) is 10.0. The van der Waals surface area contributed by atoms with Crippen molar-refractivity contribution < 1.29 is 28.2 Å². The zero-order valence-electron chi connectivity index (χ0n) is 16.7. The molecule has 0 atom stereocenters. The van der Waals surface area contributed by atoms with E-state index in [4.69, 9.17) is 4.74 Å². The molecule has 1 fully saturated rings. The van der Waals surface area contributed by atoms with E-state index in [0.717, 1.165) is 18.2 Å². The van der Waals surface area contributed by atoms with E-state index in [9.17, 15) is 23.5 Å². The van der Waals surface area contributed by atoms with Crippen LogP contribution in [0.25, 0.3) is 5.69 Å². The Labute approximate surface area is 180 Å². The predicted octanol–water partition coefficient (Wildman–Crippen LogP) is 2.86. The fourth-order valence-corrected chi connectivity index (χ4v) is 4.30. The molecule has 1 saturated carbocycles. The van der Waals surface area contributed by atoms with Crippen molar-refractivity contribution in [1.29, 1.82) is 0 Å². The molecule has 3 heterocycles. The molecule has 1 amide bonds. The Morgan fingerprint density at radius 1 is 1.12 bits per heavy atom. The van der Waals surface area contributed by atoms with Gasteiger partial charge in [0.2, 0.25) is 0 Å². The van der Waals surface area contributed by atoms with Crippen LogP contribution in [0, 0.1) is 11.6 Å². The number of carbonyl (C=O) groups is 2. The number of carbonyl (C=O) groups excluding carboxylic acids is 2. The van der Waals surface area contributed by atoms with Crippen LogP contribution in [0.2, 0.25) is 0 Å². The van der Waals surface area contributed by atoms with Crippen LogP contribution in [-0.2, 0) is 15.1 Å². The minimum atomic E-state index is -1.69. The predicted molar refractivity (Wildman–Crippen MR) is 107 cm³/mol. The van der Waals surface area contributed by atoms with Crippen molar-refractivity contribution >= 4 is 17.7 Å². The second-order valence-electron chi connectivity index (χ2n) is 8.06. The van der Waals surface area contributed by atoms with Gasteiger partial charge in [0.15, 0.2) is 11.4 Å². The molecule has 0 bridgehead atoms. The largest absolute Gasteiger partial charge is 0.449 e. The van der Waals surface area contributed by atoms with E-state index >= 15 is 0 Å². The second kappa shape index (κ2) is 7.20. The third-order valence-electron chi connectivity index (χ3n) is 6.02. The number of hydrogen-bond donors (Lipinski definition) is 2. The van der Waals surface area contributed by atoms with Gasteiger partial charge < -0.3 is 19.7 Å². The topological polar surface area (TPSA) is 106 Å². The van der Waals surface area contributed by atoms with Gasteiger partial charge in [-0.25, -0.2) is 18.6 Å². The number of rotatable bonds is 3. The van der Waals surface area contributed by atoms with E-state index in [-0.39, 0.29) is 37.2 Å². The summed E-state index contributed by atoms with van der Waals surface area (Å²) in [7, 11) is 0. The molecule has 1 spiro atoms. The number of benzene rings is 1. The van der Waals surface area contributed by atoms with Gasteiger partial charge in [0.1, 0.15) is 23.6 Å². The monoisotopic (exact) mass is 440 g/mol. The van der Waals surface area contributed by atoms with Crippen molar-refractivity contribution in [3.63, 3.8) is 0 Å².